The molecule has 4 rings (SSSR count). The minimum absolute atomic E-state index is 0.0882. The summed E-state index contributed by atoms with van der Waals surface area (Å²) in [5.74, 6) is -0.307. The van der Waals surface area contributed by atoms with Crippen molar-refractivity contribution in [2.24, 2.45) is 0 Å². The van der Waals surface area contributed by atoms with Crippen LogP contribution in [0.15, 0.2) is 48.7 Å². The van der Waals surface area contributed by atoms with Crippen LogP contribution in [0.25, 0.3) is 0 Å². The van der Waals surface area contributed by atoms with Gasteiger partial charge in [-0.05, 0) is 49.9 Å². The van der Waals surface area contributed by atoms with E-state index in [0.29, 0.717) is 41.0 Å². The second-order valence-corrected chi connectivity index (χ2v) is 6.99. The number of hydrogen-bond donors (Lipinski definition) is 1. The summed E-state index contributed by atoms with van der Waals surface area (Å²) in [7, 11) is 0. The van der Waals surface area contributed by atoms with Crippen LogP contribution in [0.1, 0.15) is 45.8 Å². The molecule has 0 radical (unpaired) electrons. The van der Waals surface area contributed by atoms with Crippen molar-refractivity contribution >= 4 is 11.6 Å². The average molecular weight is 400 g/mol. The maximum atomic E-state index is 13.4. The molecule has 8 heteroatoms. The summed E-state index contributed by atoms with van der Waals surface area (Å²) in [4.78, 5) is 16.7. The van der Waals surface area contributed by atoms with Crippen molar-refractivity contribution in [2.75, 3.05) is 5.32 Å². The van der Waals surface area contributed by atoms with Gasteiger partial charge in [0.05, 0.1) is 12.2 Å². The number of carbonyl (C=O) groups is 1. The summed E-state index contributed by atoms with van der Waals surface area (Å²) in [6.45, 7) is 0.0882. The van der Waals surface area contributed by atoms with Gasteiger partial charge in [-0.3, -0.25) is 14.5 Å². The highest BCUT2D eigenvalue weighted by Crippen LogP contribution is 2.36. The van der Waals surface area contributed by atoms with E-state index in [1.54, 1.807) is 24.3 Å². The van der Waals surface area contributed by atoms with Gasteiger partial charge in [-0.25, -0.2) is 0 Å². The molecule has 150 valence electrons. The number of pyridine rings is 1. The Hall–Kier alpha value is -3.16. The Bertz CT molecular complexity index is 1030. The number of aromatic nitrogens is 3. The van der Waals surface area contributed by atoms with Crippen LogP contribution in [0.3, 0.4) is 0 Å². The zero-order chi connectivity index (χ0) is 20.4. The lowest BCUT2D eigenvalue weighted by Gasteiger charge is -2.14. The minimum atomic E-state index is -4.47. The van der Waals surface area contributed by atoms with Crippen LogP contribution in [-0.4, -0.2) is 20.7 Å². The molecule has 29 heavy (non-hydrogen) atoms. The molecule has 0 saturated heterocycles. The molecule has 1 amide bonds. The third-order valence-corrected chi connectivity index (χ3v) is 4.95. The number of nitrogens with zero attached hydrogens (tertiary/aromatic N) is 3. The number of hydrogen-bond acceptors (Lipinski definition) is 3. The number of alkyl halides is 3. The van der Waals surface area contributed by atoms with Gasteiger partial charge in [0, 0.05) is 28.7 Å². The van der Waals surface area contributed by atoms with Crippen molar-refractivity contribution in [3.63, 3.8) is 0 Å². The molecule has 0 saturated carbocycles. The van der Waals surface area contributed by atoms with Gasteiger partial charge in [-0.2, -0.15) is 18.3 Å². The van der Waals surface area contributed by atoms with Crippen molar-refractivity contribution < 1.29 is 18.0 Å². The highest BCUT2D eigenvalue weighted by molar-refractivity contribution is 6.04. The van der Waals surface area contributed by atoms with E-state index in [0.717, 1.165) is 12.8 Å². The van der Waals surface area contributed by atoms with E-state index in [1.165, 1.54) is 10.9 Å². The molecule has 2 heterocycles. The number of para-hydroxylation sites is 1. The van der Waals surface area contributed by atoms with E-state index in [9.17, 15) is 18.0 Å². The lowest BCUT2D eigenvalue weighted by molar-refractivity contribution is -0.142. The average Bonchev–Trinajstić information content (AvgIpc) is 3.08. The standard InChI is InChI=1S/C21H19F3N4O/c22-21(23,24)19-17-8-4-5-9-18(17)28(27-19)13-16-12-14(10-11-25-16)20(29)26-15-6-2-1-3-7-15/h1-3,6-7,10-12H,4-5,8-9,13H2,(H,26,29). The second kappa shape index (κ2) is 7.69. The summed E-state index contributed by atoms with van der Waals surface area (Å²) in [6, 6.07) is 12.2. The first-order valence-corrected chi connectivity index (χ1v) is 9.39. The maximum Gasteiger partial charge on any atom is 0.435 e. The summed E-state index contributed by atoms with van der Waals surface area (Å²) >= 11 is 0. The monoisotopic (exact) mass is 400 g/mol. The first-order valence-electron chi connectivity index (χ1n) is 9.39. The van der Waals surface area contributed by atoms with E-state index in [2.05, 4.69) is 15.4 Å². The molecule has 1 aromatic carbocycles. The predicted octanol–water partition coefficient (Wildman–Crippen LogP) is 4.48. The zero-order valence-electron chi connectivity index (χ0n) is 15.5. The van der Waals surface area contributed by atoms with Crippen molar-refractivity contribution in [3.05, 3.63) is 76.9 Å². The number of nitrogens with one attached hydrogen (secondary N) is 1. The molecule has 2 aromatic heterocycles. The van der Waals surface area contributed by atoms with Gasteiger partial charge >= 0.3 is 6.18 Å². The summed E-state index contributed by atoms with van der Waals surface area (Å²) in [6.07, 6.45) is -0.477. The van der Waals surface area contributed by atoms with Gasteiger partial charge in [-0.15, -0.1) is 0 Å². The smallest absolute Gasteiger partial charge is 0.322 e. The van der Waals surface area contributed by atoms with Gasteiger partial charge in [-0.1, -0.05) is 18.2 Å². The fourth-order valence-electron chi connectivity index (χ4n) is 3.61. The molecule has 0 fully saturated rings. The normalized spacial score (nSPS) is 13.8. The zero-order valence-corrected chi connectivity index (χ0v) is 15.5. The number of halogens is 3. The van der Waals surface area contributed by atoms with Crippen LogP contribution in [-0.2, 0) is 25.6 Å². The van der Waals surface area contributed by atoms with Crippen LogP contribution < -0.4 is 5.32 Å². The van der Waals surface area contributed by atoms with E-state index >= 15 is 0 Å². The molecule has 1 aliphatic carbocycles. The van der Waals surface area contributed by atoms with Crippen molar-refractivity contribution in [1.82, 2.24) is 14.8 Å². The molecular weight excluding hydrogens is 381 g/mol. The van der Waals surface area contributed by atoms with E-state index in [1.807, 2.05) is 18.2 Å². The van der Waals surface area contributed by atoms with Crippen molar-refractivity contribution in [3.8, 4) is 0 Å². The SMILES string of the molecule is O=C(Nc1ccccc1)c1ccnc(Cn2nc(C(F)(F)F)c3c2CCCC3)c1. The quantitative estimate of drug-likeness (QED) is 0.703. The van der Waals surface area contributed by atoms with Crippen molar-refractivity contribution in [2.45, 2.75) is 38.4 Å². The topological polar surface area (TPSA) is 59.8 Å². The van der Waals surface area contributed by atoms with E-state index < -0.39 is 11.9 Å². The predicted molar refractivity (Wildman–Crippen MR) is 102 cm³/mol. The van der Waals surface area contributed by atoms with Gasteiger partial charge in [0.1, 0.15) is 0 Å². The number of amides is 1. The Labute approximate surface area is 165 Å². The largest absolute Gasteiger partial charge is 0.435 e. The summed E-state index contributed by atoms with van der Waals surface area (Å²) in [5, 5.41) is 6.64. The Balaban J connectivity index is 1.59. The molecule has 0 spiro atoms. The third-order valence-electron chi connectivity index (χ3n) is 4.95. The van der Waals surface area contributed by atoms with Gasteiger partial charge in [0.15, 0.2) is 5.69 Å². The molecular formula is C21H19F3N4O. The second-order valence-electron chi connectivity index (χ2n) is 6.99. The first kappa shape index (κ1) is 19.2. The van der Waals surface area contributed by atoms with Crippen LogP contribution in [0.4, 0.5) is 18.9 Å². The molecule has 3 aromatic rings. The van der Waals surface area contributed by atoms with E-state index in [-0.39, 0.29) is 12.5 Å². The maximum absolute atomic E-state index is 13.4. The molecule has 1 aliphatic rings. The first-order chi connectivity index (χ1) is 13.9. The molecule has 1 N–H and O–H groups in total. The Morgan fingerprint density at radius 3 is 2.62 bits per heavy atom. The lowest BCUT2D eigenvalue weighted by Crippen LogP contribution is -2.14. The van der Waals surface area contributed by atoms with Crippen LogP contribution in [0.2, 0.25) is 0 Å². The van der Waals surface area contributed by atoms with Crippen LogP contribution in [0, 0.1) is 0 Å². The Morgan fingerprint density at radius 1 is 1.10 bits per heavy atom. The number of anilines is 1. The van der Waals surface area contributed by atoms with Crippen molar-refractivity contribution in [1.29, 1.82) is 0 Å². The highest BCUT2D eigenvalue weighted by Gasteiger charge is 2.39. The molecule has 0 atom stereocenters. The molecule has 0 aliphatic heterocycles. The number of benzene rings is 1. The Kier molecular flexibility index (Phi) is 5.08. The highest BCUT2D eigenvalue weighted by atomic mass is 19.4. The molecule has 0 bridgehead atoms. The number of rotatable bonds is 4. The van der Waals surface area contributed by atoms with E-state index in [4.69, 9.17) is 0 Å². The van der Waals surface area contributed by atoms with Crippen LogP contribution in [0.5, 0.6) is 0 Å². The van der Waals surface area contributed by atoms with Gasteiger partial charge in [0.2, 0.25) is 0 Å². The fourth-order valence-corrected chi connectivity index (χ4v) is 3.61. The molecule has 0 unspecified atom stereocenters. The number of fused-ring (bicyclic) bond motifs is 1. The lowest BCUT2D eigenvalue weighted by atomic mass is 9.95. The van der Waals surface area contributed by atoms with Gasteiger partial charge in [0.25, 0.3) is 5.91 Å². The van der Waals surface area contributed by atoms with Gasteiger partial charge < -0.3 is 5.32 Å². The third kappa shape index (κ3) is 4.16. The fraction of sp³-hybridized carbons (Fsp3) is 0.286. The Morgan fingerprint density at radius 2 is 1.86 bits per heavy atom. The molecule has 5 nitrogen and oxygen atoms in total. The minimum Gasteiger partial charge on any atom is -0.322 e. The summed E-state index contributed by atoms with van der Waals surface area (Å²) < 4.78 is 41.5. The number of carbonyl (C=O) groups excluding carboxylic acids is 1. The summed E-state index contributed by atoms with van der Waals surface area (Å²) in [5.41, 5.74) is 1.63. The van der Waals surface area contributed by atoms with Crippen LogP contribution >= 0.6 is 0 Å².